The third-order valence-electron chi connectivity index (χ3n) is 5.64. The van der Waals surface area contributed by atoms with Gasteiger partial charge in [0.25, 0.3) is 5.91 Å². The summed E-state index contributed by atoms with van der Waals surface area (Å²) in [4.78, 5) is 15.5. The number of hydrogen-bond donors (Lipinski definition) is 0. The molecule has 0 spiro atoms. The molecule has 0 aromatic heterocycles. The number of benzene rings is 2. The van der Waals surface area contributed by atoms with Gasteiger partial charge >= 0.3 is 0 Å². The second-order valence-electron chi connectivity index (χ2n) is 7.76. The number of thiocarbonyl (C=S) groups is 1. The van der Waals surface area contributed by atoms with E-state index in [0.717, 1.165) is 34.8 Å². The summed E-state index contributed by atoms with van der Waals surface area (Å²) in [5, 5.41) is 0. The van der Waals surface area contributed by atoms with E-state index in [9.17, 15) is 9.18 Å². The van der Waals surface area contributed by atoms with Crippen LogP contribution in [0.1, 0.15) is 43.2 Å². The summed E-state index contributed by atoms with van der Waals surface area (Å²) in [6.45, 7) is 0.0957. The third-order valence-corrected chi connectivity index (χ3v) is 7.77. The van der Waals surface area contributed by atoms with E-state index >= 15 is 0 Å². The lowest BCUT2D eigenvalue weighted by Crippen LogP contribution is -2.39. The van der Waals surface area contributed by atoms with E-state index in [4.69, 9.17) is 21.7 Å². The topological polar surface area (TPSA) is 38.8 Å². The Morgan fingerprint density at radius 3 is 2.72 bits per heavy atom. The Morgan fingerprint density at radius 2 is 2.00 bits per heavy atom. The molecule has 1 aliphatic carbocycles. The maximum Gasteiger partial charge on any atom is 0.266 e. The van der Waals surface area contributed by atoms with Gasteiger partial charge in [-0.15, -0.1) is 0 Å². The first-order valence-corrected chi connectivity index (χ1v) is 12.8. The molecule has 2 aliphatic rings. The van der Waals surface area contributed by atoms with Gasteiger partial charge in [-0.1, -0.05) is 61.4 Å². The molecule has 1 heterocycles. The van der Waals surface area contributed by atoms with E-state index in [0.29, 0.717) is 26.3 Å². The summed E-state index contributed by atoms with van der Waals surface area (Å²) >= 11 is 9.05. The van der Waals surface area contributed by atoms with E-state index in [-0.39, 0.29) is 24.4 Å². The first-order chi connectivity index (χ1) is 15.5. The van der Waals surface area contributed by atoms with Gasteiger partial charge in [0.2, 0.25) is 0 Å². The number of ether oxygens (including phenoxy) is 2. The van der Waals surface area contributed by atoms with Crippen molar-refractivity contribution >= 4 is 62.9 Å². The fourth-order valence-electron chi connectivity index (χ4n) is 4.01. The Kier molecular flexibility index (Phi) is 7.73. The van der Waals surface area contributed by atoms with Crippen molar-refractivity contribution in [3.8, 4) is 11.5 Å². The minimum atomic E-state index is -0.307. The molecule has 0 N–H and O–H groups in total. The summed E-state index contributed by atoms with van der Waals surface area (Å²) in [6, 6.07) is 10.5. The van der Waals surface area contributed by atoms with Crippen LogP contribution in [-0.2, 0) is 11.4 Å². The quantitative estimate of drug-likeness (QED) is 0.219. The normalized spacial score (nSPS) is 18.5. The predicted octanol–water partition coefficient (Wildman–Crippen LogP) is 6.55. The Bertz CT molecular complexity index is 1070. The molecule has 0 radical (unpaired) electrons. The SMILES string of the molecule is COc1cc(/C=C2\SC(=S)N(C3CCCCC3)C2=O)cc(I)c1OCc1ccccc1F. The average Bonchev–Trinajstić information content (AvgIpc) is 3.07. The molecule has 168 valence electrons. The van der Waals surface area contributed by atoms with Crippen LogP contribution in [0, 0.1) is 9.39 Å². The Balaban J connectivity index is 1.55. The lowest BCUT2D eigenvalue weighted by atomic mass is 9.94. The fourth-order valence-corrected chi connectivity index (χ4v) is 6.20. The van der Waals surface area contributed by atoms with Crippen molar-refractivity contribution in [3.63, 3.8) is 0 Å². The van der Waals surface area contributed by atoms with Crippen molar-refractivity contribution in [3.05, 3.63) is 61.8 Å². The molecule has 2 fully saturated rings. The second-order valence-corrected chi connectivity index (χ2v) is 10.6. The summed E-state index contributed by atoms with van der Waals surface area (Å²) in [6.07, 6.45) is 7.39. The Morgan fingerprint density at radius 1 is 1.25 bits per heavy atom. The summed E-state index contributed by atoms with van der Waals surface area (Å²) in [5.74, 6) is 0.754. The second kappa shape index (κ2) is 10.5. The van der Waals surface area contributed by atoms with Crippen molar-refractivity contribution < 1.29 is 18.7 Å². The molecule has 4 rings (SSSR count). The molecule has 0 bridgehead atoms. The zero-order valence-corrected chi connectivity index (χ0v) is 21.4. The van der Waals surface area contributed by atoms with Crippen LogP contribution in [0.3, 0.4) is 0 Å². The van der Waals surface area contributed by atoms with Crippen molar-refractivity contribution in [2.75, 3.05) is 7.11 Å². The van der Waals surface area contributed by atoms with Gasteiger partial charge in [-0.05, 0) is 65.3 Å². The predicted molar refractivity (Wildman–Crippen MR) is 138 cm³/mol. The highest BCUT2D eigenvalue weighted by Crippen LogP contribution is 2.39. The highest BCUT2D eigenvalue weighted by Gasteiger charge is 2.37. The molecule has 8 heteroatoms. The molecule has 32 heavy (non-hydrogen) atoms. The number of methoxy groups -OCH3 is 1. The minimum absolute atomic E-state index is 0.0132. The lowest BCUT2D eigenvalue weighted by Gasteiger charge is -2.29. The van der Waals surface area contributed by atoms with Crippen molar-refractivity contribution in [2.45, 2.75) is 44.8 Å². The molecule has 1 amide bonds. The first kappa shape index (κ1) is 23.5. The smallest absolute Gasteiger partial charge is 0.266 e. The molecule has 2 aromatic rings. The average molecular weight is 583 g/mol. The summed E-state index contributed by atoms with van der Waals surface area (Å²) < 4.78 is 26.8. The minimum Gasteiger partial charge on any atom is -0.493 e. The van der Waals surface area contributed by atoms with Crippen LogP contribution < -0.4 is 9.47 Å². The van der Waals surface area contributed by atoms with E-state index in [2.05, 4.69) is 22.6 Å². The fraction of sp³-hybridized carbons (Fsp3) is 0.333. The molecule has 1 aliphatic heterocycles. The maximum atomic E-state index is 13.9. The van der Waals surface area contributed by atoms with Gasteiger partial charge in [-0.25, -0.2) is 4.39 Å². The molecular formula is C24H23FINO3S2. The zero-order chi connectivity index (χ0) is 22.7. The van der Waals surface area contributed by atoms with Gasteiger partial charge in [-0.2, -0.15) is 0 Å². The van der Waals surface area contributed by atoms with Gasteiger partial charge in [-0.3, -0.25) is 9.69 Å². The van der Waals surface area contributed by atoms with E-state index in [1.807, 2.05) is 18.2 Å². The highest BCUT2D eigenvalue weighted by molar-refractivity contribution is 14.1. The third kappa shape index (κ3) is 5.12. The molecule has 0 atom stereocenters. The molecule has 2 aromatic carbocycles. The van der Waals surface area contributed by atoms with Crippen LogP contribution in [0.25, 0.3) is 6.08 Å². The Labute approximate surface area is 210 Å². The van der Waals surface area contributed by atoms with E-state index in [1.54, 1.807) is 30.2 Å². The van der Waals surface area contributed by atoms with Gasteiger partial charge in [0.15, 0.2) is 11.5 Å². The first-order valence-electron chi connectivity index (χ1n) is 10.5. The van der Waals surface area contributed by atoms with Crippen LogP contribution in [0.5, 0.6) is 11.5 Å². The number of carbonyl (C=O) groups excluding carboxylic acids is 1. The molecular weight excluding hydrogens is 560 g/mol. The largest absolute Gasteiger partial charge is 0.493 e. The highest BCUT2D eigenvalue weighted by atomic mass is 127. The van der Waals surface area contributed by atoms with Crippen LogP contribution in [0.15, 0.2) is 41.3 Å². The summed E-state index contributed by atoms with van der Waals surface area (Å²) in [7, 11) is 1.56. The lowest BCUT2D eigenvalue weighted by molar-refractivity contribution is -0.124. The van der Waals surface area contributed by atoms with Gasteiger partial charge in [0.1, 0.15) is 16.7 Å². The monoisotopic (exact) mass is 583 g/mol. The van der Waals surface area contributed by atoms with Gasteiger partial charge in [0, 0.05) is 11.6 Å². The standard InChI is InChI=1S/C24H23FINO3S2/c1-29-20-12-15(11-19(26)22(20)30-14-16-7-5-6-10-18(16)25)13-21-23(28)27(24(31)32-21)17-8-3-2-4-9-17/h5-7,10-13,17H,2-4,8-9,14H2,1H3/b21-13-. The number of rotatable bonds is 6. The number of amides is 1. The molecule has 1 saturated heterocycles. The maximum absolute atomic E-state index is 13.9. The molecule has 4 nitrogen and oxygen atoms in total. The molecule has 1 saturated carbocycles. The van der Waals surface area contributed by atoms with Gasteiger partial charge in [0.05, 0.1) is 15.6 Å². The number of nitrogens with zero attached hydrogens (tertiary/aromatic N) is 1. The van der Waals surface area contributed by atoms with Gasteiger partial charge < -0.3 is 9.47 Å². The van der Waals surface area contributed by atoms with Crippen LogP contribution >= 0.6 is 46.6 Å². The van der Waals surface area contributed by atoms with Crippen molar-refractivity contribution in [1.82, 2.24) is 4.90 Å². The van der Waals surface area contributed by atoms with E-state index < -0.39 is 0 Å². The number of thioether (sulfide) groups is 1. The van der Waals surface area contributed by atoms with Crippen LogP contribution in [-0.4, -0.2) is 28.3 Å². The van der Waals surface area contributed by atoms with Crippen molar-refractivity contribution in [2.24, 2.45) is 0 Å². The van der Waals surface area contributed by atoms with Crippen LogP contribution in [0.4, 0.5) is 4.39 Å². The molecule has 0 unspecified atom stereocenters. The summed E-state index contributed by atoms with van der Waals surface area (Å²) in [5.41, 5.74) is 1.30. The van der Waals surface area contributed by atoms with Crippen LogP contribution in [0.2, 0.25) is 0 Å². The number of carbonyl (C=O) groups is 1. The van der Waals surface area contributed by atoms with E-state index in [1.165, 1.54) is 24.2 Å². The Hall–Kier alpha value is -1.65. The number of hydrogen-bond acceptors (Lipinski definition) is 5. The number of halogens is 2. The zero-order valence-electron chi connectivity index (χ0n) is 17.6. The van der Waals surface area contributed by atoms with Crippen molar-refractivity contribution in [1.29, 1.82) is 0 Å².